The van der Waals surface area contributed by atoms with Gasteiger partial charge in [0.25, 0.3) is 5.91 Å². The van der Waals surface area contributed by atoms with Gasteiger partial charge in [-0.1, -0.05) is 6.07 Å². The van der Waals surface area contributed by atoms with Crippen molar-refractivity contribution in [2.45, 2.75) is 18.4 Å². The number of anilines is 1. The molecule has 3 aromatic heterocycles. The number of aryl methyl sites for hydroxylation is 1. The highest BCUT2D eigenvalue weighted by molar-refractivity contribution is 5.96. The molecule has 0 unspecified atom stereocenters. The molecule has 0 saturated carbocycles. The maximum Gasteiger partial charge on any atom is 0.267 e. The minimum Gasteiger partial charge on any atom is -0.494 e. The molecule has 1 aromatic carbocycles. The van der Waals surface area contributed by atoms with Crippen molar-refractivity contribution < 1.29 is 18.7 Å². The summed E-state index contributed by atoms with van der Waals surface area (Å²) in [5, 5.41) is 8.33. The molecule has 0 bridgehead atoms. The van der Waals surface area contributed by atoms with Gasteiger partial charge in [0.15, 0.2) is 11.6 Å². The van der Waals surface area contributed by atoms with E-state index in [0.717, 1.165) is 17.4 Å². The summed E-state index contributed by atoms with van der Waals surface area (Å²) in [4.78, 5) is 21.7. The number of fused-ring (bicyclic) bond motifs is 1. The van der Waals surface area contributed by atoms with Gasteiger partial charge in [-0.05, 0) is 35.7 Å². The molecule has 4 aromatic rings. The largest absolute Gasteiger partial charge is 0.494 e. The topological polar surface area (TPSA) is 117 Å². The summed E-state index contributed by atoms with van der Waals surface area (Å²) in [5.74, 6) is -0.967. The molecule has 9 nitrogen and oxygen atoms in total. The molecule has 1 fully saturated rings. The number of carbonyl (C=O) groups is 1. The Bertz CT molecular complexity index is 1400. The molecule has 0 radical (unpaired) electrons. The summed E-state index contributed by atoms with van der Waals surface area (Å²) in [6.07, 6.45) is 6.08. The number of rotatable bonds is 7. The molecular weight excluding hydrogens is 451 g/mol. The fourth-order valence-electron chi connectivity index (χ4n) is 4.44. The van der Waals surface area contributed by atoms with Crippen molar-refractivity contribution in [1.29, 1.82) is 0 Å². The number of ether oxygens (including phenoxy) is 2. The van der Waals surface area contributed by atoms with Crippen LogP contribution in [0.1, 0.15) is 39.5 Å². The first kappa shape index (κ1) is 22.7. The summed E-state index contributed by atoms with van der Waals surface area (Å²) in [6.45, 7) is 1.32. The zero-order valence-corrected chi connectivity index (χ0v) is 19.4. The summed E-state index contributed by atoms with van der Waals surface area (Å²) in [6, 6.07) is 8.49. The number of methoxy groups -OCH3 is 1. The number of hydrogen-bond donors (Lipinski definition) is 2. The zero-order valence-electron chi connectivity index (χ0n) is 19.4. The predicted octanol–water partition coefficient (Wildman–Crippen LogP) is 2.99. The van der Waals surface area contributed by atoms with E-state index in [1.165, 1.54) is 13.2 Å². The number of carbonyl (C=O) groups excluding carboxylic acids is 1. The third-order valence-electron chi connectivity index (χ3n) is 6.12. The minimum absolute atomic E-state index is 0.101. The average molecular weight is 477 g/mol. The van der Waals surface area contributed by atoms with Crippen molar-refractivity contribution in [3.05, 3.63) is 77.1 Å². The van der Waals surface area contributed by atoms with Crippen LogP contribution in [0.4, 0.5) is 10.2 Å². The zero-order chi connectivity index (χ0) is 24.5. The Morgan fingerprint density at radius 2 is 2.14 bits per heavy atom. The lowest BCUT2D eigenvalue weighted by molar-refractivity contribution is 0.0995. The number of hydrogen-bond acceptors (Lipinski definition) is 7. The molecule has 4 heterocycles. The number of benzene rings is 1. The van der Waals surface area contributed by atoms with Crippen LogP contribution < -0.4 is 15.8 Å². The summed E-state index contributed by atoms with van der Waals surface area (Å²) >= 11 is 0. The number of pyridine rings is 2. The number of primary amides is 1. The van der Waals surface area contributed by atoms with Crippen LogP contribution in [0.5, 0.6) is 5.75 Å². The van der Waals surface area contributed by atoms with E-state index in [1.54, 1.807) is 42.3 Å². The third kappa shape index (κ3) is 4.52. The van der Waals surface area contributed by atoms with Gasteiger partial charge < -0.3 is 20.5 Å². The molecule has 0 spiro atoms. The predicted molar refractivity (Wildman–Crippen MR) is 128 cm³/mol. The van der Waals surface area contributed by atoms with Crippen molar-refractivity contribution in [2.24, 2.45) is 12.8 Å². The van der Waals surface area contributed by atoms with Crippen LogP contribution in [0.2, 0.25) is 0 Å². The van der Waals surface area contributed by atoms with E-state index in [9.17, 15) is 9.18 Å². The van der Waals surface area contributed by atoms with Crippen LogP contribution in [-0.4, -0.2) is 52.0 Å². The second-order valence-corrected chi connectivity index (χ2v) is 8.53. The van der Waals surface area contributed by atoms with E-state index >= 15 is 0 Å². The number of aromatic nitrogens is 4. The van der Waals surface area contributed by atoms with Crippen LogP contribution in [-0.2, 0) is 11.8 Å². The quantitative estimate of drug-likeness (QED) is 0.421. The number of nitrogens with one attached hydrogen (secondary N) is 1. The van der Waals surface area contributed by atoms with Gasteiger partial charge in [0.2, 0.25) is 0 Å². The highest BCUT2D eigenvalue weighted by Gasteiger charge is 2.26. The van der Waals surface area contributed by atoms with Crippen molar-refractivity contribution in [3.63, 3.8) is 0 Å². The fraction of sp³-hybridized carbons (Fsp3) is 0.280. The molecule has 3 N–H and O–H groups in total. The molecule has 5 rings (SSSR count). The summed E-state index contributed by atoms with van der Waals surface area (Å²) in [5.41, 5.74) is 8.36. The second-order valence-electron chi connectivity index (χ2n) is 8.53. The van der Waals surface area contributed by atoms with Crippen molar-refractivity contribution in [1.82, 2.24) is 19.7 Å². The van der Waals surface area contributed by atoms with Gasteiger partial charge in [-0.3, -0.25) is 9.48 Å². The number of nitrogens with zero attached hydrogens (tertiary/aromatic N) is 4. The molecule has 1 aliphatic rings. The van der Waals surface area contributed by atoms with E-state index in [2.05, 4.69) is 20.4 Å². The number of halogens is 1. The highest BCUT2D eigenvalue weighted by Crippen LogP contribution is 2.36. The van der Waals surface area contributed by atoms with E-state index in [-0.39, 0.29) is 17.5 Å². The Morgan fingerprint density at radius 3 is 2.80 bits per heavy atom. The first-order valence-corrected chi connectivity index (χ1v) is 11.2. The van der Waals surface area contributed by atoms with Crippen LogP contribution in [0.25, 0.3) is 10.9 Å². The molecule has 2 atom stereocenters. The van der Waals surface area contributed by atoms with Crippen LogP contribution in [0, 0.1) is 5.82 Å². The molecule has 0 aliphatic carbocycles. The Morgan fingerprint density at radius 1 is 1.29 bits per heavy atom. The van der Waals surface area contributed by atoms with Crippen molar-refractivity contribution in [3.8, 4) is 5.75 Å². The monoisotopic (exact) mass is 476 g/mol. The van der Waals surface area contributed by atoms with Gasteiger partial charge >= 0.3 is 0 Å². The lowest BCUT2D eigenvalue weighted by atomic mass is 9.85. The standard InChI is InChI=1S/C25H25FN6O3/c1-32-12-16(11-29-32)23(14-3-4-21(34-2)19(26)8-14)18-7-15-10-28-22(30-17-5-6-35-13-17)9-20(15)31-24(18)25(27)33/h3-4,7-12,17,23H,5-6,13H2,1-2H3,(H2,27,33)(H,28,30)/t17-,23-/m0/s1. The third-order valence-corrected chi connectivity index (χ3v) is 6.12. The summed E-state index contributed by atoms with van der Waals surface area (Å²) < 4.78 is 26.8. The Labute approximate surface area is 201 Å². The average Bonchev–Trinajstić information content (AvgIpc) is 3.51. The minimum atomic E-state index is -0.680. The molecule has 180 valence electrons. The maximum absolute atomic E-state index is 14.7. The van der Waals surface area contributed by atoms with Crippen molar-refractivity contribution >= 4 is 22.6 Å². The van der Waals surface area contributed by atoms with E-state index in [0.29, 0.717) is 35.7 Å². The molecule has 10 heteroatoms. The second kappa shape index (κ2) is 9.30. The highest BCUT2D eigenvalue weighted by atomic mass is 19.1. The number of nitrogens with two attached hydrogens (primary N) is 1. The Hall–Kier alpha value is -4.05. The normalized spacial score (nSPS) is 16.4. The van der Waals surface area contributed by atoms with Gasteiger partial charge in [0.05, 0.1) is 31.5 Å². The van der Waals surface area contributed by atoms with E-state index in [4.69, 9.17) is 15.2 Å². The number of amides is 1. The van der Waals surface area contributed by atoms with Gasteiger partial charge in [-0.25, -0.2) is 14.4 Å². The van der Waals surface area contributed by atoms with Crippen LogP contribution >= 0.6 is 0 Å². The van der Waals surface area contributed by atoms with Gasteiger partial charge in [-0.2, -0.15) is 5.10 Å². The molecule has 35 heavy (non-hydrogen) atoms. The first-order valence-electron chi connectivity index (χ1n) is 11.2. The van der Waals surface area contributed by atoms with E-state index in [1.807, 2.05) is 12.3 Å². The molecular formula is C25H25FN6O3. The molecule has 1 saturated heterocycles. The van der Waals surface area contributed by atoms with Crippen molar-refractivity contribution in [2.75, 3.05) is 25.6 Å². The van der Waals surface area contributed by atoms with Gasteiger partial charge in [-0.15, -0.1) is 0 Å². The maximum atomic E-state index is 14.7. The van der Waals surface area contributed by atoms with Gasteiger partial charge in [0.1, 0.15) is 11.5 Å². The van der Waals surface area contributed by atoms with Gasteiger partial charge in [0, 0.05) is 49.0 Å². The van der Waals surface area contributed by atoms with Crippen LogP contribution in [0.15, 0.2) is 48.9 Å². The Balaban J connectivity index is 1.65. The molecule has 1 amide bonds. The van der Waals surface area contributed by atoms with E-state index < -0.39 is 17.6 Å². The Kier molecular flexibility index (Phi) is 6.04. The lowest BCUT2D eigenvalue weighted by Crippen LogP contribution is -2.20. The molecule has 1 aliphatic heterocycles. The lowest BCUT2D eigenvalue weighted by Gasteiger charge is -2.20. The fourth-order valence-corrected chi connectivity index (χ4v) is 4.44. The van der Waals surface area contributed by atoms with Crippen LogP contribution in [0.3, 0.4) is 0 Å². The smallest absolute Gasteiger partial charge is 0.267 e. The summed E-state index contributed by atoms with van der Waals surface area (Å²) in [7, 11) is 3.20. The SMILES string of the molecule is COc1ccc([C@@H](c2cnn(C)c2)c2cc3cnc(N[C@H]4CCOC4)cc3nc2C(N)=O)cc1F. The first-order chi connectivity index (χ1) is 16.9.